The van der Waals surface area contributed by atoms with E-state index in [1.54, 1.807) is 4.90 Å². The number of carbonyl (C=O) groups excluding carboxylic acids is 2. The third kappa shape index (κ3) is 2.28. The molecule has 4 heteroatoms. The van der Waals surface area contributed by atoms with Crippen LogP contribution in [0.4, 0.5) is 0 Å². The number of amides is 2. The number of hydrogen-bond donors (Lipinski definition) is 1. The van der Waals surface area contributed by atoms with Crippen LogP contribution in [0.2, 0.25) is 0 Å². The first-order chi connectivity index (χ1) is 9.66. The molecule has 20 heavy (non-hydrogen) atoms. The lowest BCUT2D eigenvalue weighted by atomic mass is 9.73. The molecule has 2 aliphatic carbocycles. The number of hydrogen-bond acceptors (Lipinski definition) is 3. The molecule has 2 amide bonds. The van der Waals surface area contributed by atoms with Crippen LogP contribution in [0, 0.1) is 5.41 Å². The Hall–Kier alpha value is -0.900. The molecule has 1 aliphatic heterocycles. The van der Waals surface area contributed by atoms with E-state index >= 15 is 0 Å². The lowest BCUT2D eigenvalue weighted by molar-refractivity contribution is -0.145. The van der Waals surface area contributed by atoms with E-state index in [1.165, 1.54) is 6.42 Å². The number of carbonyl (C=O) groups is 2. The molecule has 1 spiro atoms. The smallest absolute Gasteiger partial charge is 0.236 e. The number of nitrogens with zero attached hydrogens (tertiary/aromatic N) is 1. The highest BCUT2D eigenvalue weighted by molar-refractivity contribution is 6.06. The zero-order valence-electron chi connectivity index (χ0n) is 12.5. The highest BCUT2D eigenvalue weighted by Crippen LogP contribution is 2.46. The van der Waals surface area contributed by atoms with E-state index in [9.17, 15) is 9.59 Å². The minimum Gasteiger partial charge on any atom is -0.317 e. The van der Waals surface area contributed by atoms with Crippen molar-refractivity contribution in [3.63, 3.8) is 0 Å². The lowest BCUT2D eigenvalue weighted by Gasteiger charge is -2.36. The van der Waals surface area contributed by atoms with Crippen molar-refractivity contribution in [2.75, 3.05) is 7.05 Å². The summed E-state index contributed by atoms with van der Waals surface area (Å²) in [5.41, 5.74) is -0.310. The second-order valence-corrected chi connectivity index (χ2v) is 6.88. The van der Waals surface area contributed by atoms with Gasteiger partial charge in [0.15, 0.2) is 0 Å². The Bertz CT molecular complexity index is 393. The molecule has 2 saturated carbocycles. The predicted molar refractivity (Wildman–Crippen MR) is 77.1 cm³/mol. The van der Waals surface area contributed by atoms with Crippen molar-refractivity contribution >= 4 is 11.8 Å². The predicted octanol–water partition coefficient (Wildman–Crippen LogP) is 2.23. The quantitative estimate of drug-likeness (QED) is 0.788. The molecule has 1 heterocycles. The van der Waals surface area contributed by atoms with E-state index in [-0.39, 0.29) is 23.3 Å². The van der Waals surface area contributed by atoms with Crippen molar-refractivity contribution in [2.24, 2.45) is 5.41 Å². The summed E-state index contributed by atoms with van der Waals surface area (Å²) < 4.78 is 0. The van der Waals surface area contributed by atoms with Gasteiger partial charge in [-0.2, -0.15) is 0 Å². The summed E-state index contributed by atoms with van der Waals surface area (Å²) in [5, 5.41) is 3.31. The van der Waals surface area contributed by atoms with Crippen LogP contribution in [0.25, 0.3) is 0 Å². The molecular weight excluding hydrogens is 252 g/mol. The molecule has 0 aromatic rings. The first-order valence-electron chi connectivity index (χ1n) is 8.20. The largest absolute Gasteiger partial charge is 0.317 e. The molecule has 0 unspecified atom stereocenters. The standard InChI is InChI=1S/C16H26N2O2/c1-17-12-5-7-13(8-6-12)18-14(19)11-16(15(18)20)9-3-2-4-10-16/h12-13,17H,2-11H2,1H3. The molecule has 0 aromatic carbocycles. The molecule has 0 atom stereocenters. The van der Waals surface area contributed by atoms with Gasteiger partial charge in [-0.05, 0) is 45.6 Å². The third-order valence-corrected chi connectivity index (χ3v) is 5.71. The normalized spacial score (nSPS) is 34.0. The van der Waals surface area contributed by atoms with E-state index in [0.29, 0.717) is 12.5 Å². The van der Waals surface area contributed by atoms with E-state index in [1.807, 2.05) is 7.05 Å². The minimum atomic E-state index is -0.310. The summed E-state index contributed by atoms with van der Waals surface area (Å²) in [4.78, 5) is 26.9. The summed E-state index contributed by atoms with van der Waals surface area (Å²) in [6.45, 7) is 0. The number of rotatable bonds is 2. The Labute approximate surface area is 121 Å². The maximum absolute atomic E-state index is 12.8. The first-order valence-corrected chi connectivity index (χ1v) is 8.20. The summed E-state index contributed by atoms with van der Waals surface area (Å²) in [5.74, 6) is 0.264. The summed E-state index contributed by atoms with van der Waals surface area (Å²) >= 11 is 0. The van der Waals surface area contributed by atoms with Crippen LogP contribution in [0.1, 0.15) is 64.2 Å². The van der Waals surface area contributed by atoms with Crippen molar-refractivity contribution in [1.82, 2.24) is 10.2 Å². The van der Waals surface area contributed by atoms with Crippen molar-refractivity contribution in [3.05, 3.63) is 0 Å². The second-order valence-electron chi connectivity index (χ2n) is 6.88. The van der Waals surface area contributed by atoms with Gasteiger partial charge in [0.25, 0.3) is 0 Å². The Kier molecular flexibility index (Phi) is 3.85. The molecule has 3 fully saturated rings. The zero-order valence-corrected chi connectivity index (χ0v) is 12.5. The van der Waals surface area contributed by atoms with Crippen LogP contribution < -0.4 is 5.32 Å². The average Bonchev–Trinajstić information content (AvgIpc) is 2.71. The molecule has 3 aliphatic rings. The van der Waals surface area contributed by atoms with Crippen LogP contribution in [0.15, 0.2) is 0 Å². The van der Waals surface area contributed by atoms with Crippen LogP contribution >= 0.6 is 0 Å². The fraction of sp³-hybridized carbons (Fsp3) is 0.875. The van der Waals surface area contributed by atoms with Gasteiger partial charge in [0.1, 0.15) is 0 Å². The van der Waals surface area contributed by atoms with Crippen molar-refractivity contribution < 1.29 is 9.59 Å². The highest BCUT2D eigenvalue weighted by atomic mass is 16.2. The monoisotopic (exact) mass is 278 g/mol. The summed E-state index contributed by atoms with van der Waals surface area (Å²) in [6.07, 6.45) is 9.88. The summed E-state index contributed by atoms with van der Waals surface area (Å²) in [6, 6.07) is 0.726. The van der Waals surface area contributed by atoms with Crippen molar-refractivity contribution in [3.8, 4) is 0 Å². The van der Waals surface area contributed by atoms with E-state index in [4.69, 9.17) is 0 Å². The van der Waals surface area contributed by atoms with Gasteiger partial charge in [0.2, 0.25) is 11.8 Å². The fourth-order valence-electron chi connectivity index (χ4n) is 4.43. The van der Waals surface area contributed by atoms with E-state index < -0.39 is 0 Å². The molecule has 0 aromatic heterocycles. The number of likely N-dealkylation sites (tertiary alicyclic amines) is 1. The van der Waals surface area contributed by atoms with Gasteiger partial charge >= 0.3 is 0 Å². The molecular formula is C16H26N2O2. The van der Waals surface area contributed by atoms with Gasteiger partial charge in [-0.3, -0.25) is 14.5 Å². The van der Waals surface area contributed by atoms with Crippen molar-refractivity contribution in [2.45, 2.75) is 76.3 Å². The van der Waals surface area contributed by atoms with Crippen LogP contribution in [0.3, 0.4) is 0 Å². The SMILES string of the molecule is CNC1CCC(N2C(=O)CC3(CCCCC3)C2=O)CC1. The van der Waals surface area contributed by atoms with Gasteiger partial charge in [0.05, 0.1) is 5.41 Å². The molecule has 3 rings (SSSR count). The third-order valence-electron chi connectivity index (χ3n) is 5.71. The molecule has 1 N–H and O–H groups in total. The molecule has 1 saturated heterocycles. The van der Waals surface area contributed by atoms with E-state index in [2.05, 4.69) is 5.32 Å². The van der Waals surface area contributed by atoms with E-state index in [0.717, 1.165) is 51.4 Å². The molecule has 0 bridgehead atoms. The van der Waals surface area contributed by atoms with Crippen molar-refractivity contribution in [1.29, 1.82) is 0 Å². The Morgan fingerprint density at radius 3 is 2.30 bits per heavy atom. The molecule has 4 nitrogen and oxygen atoms in total. The maximum atomic E-state index is 12.8. The Balaban J connectivity index is 1.71. The van der Waals surface area contributed by atoms with Crippen LogP contribution in [-0.4, -0.2) is 35.8 Å². The Morgan fingerprint density at radius 1 is 1.05 bits per heavy atom. The average molecular weight is 278 g/mol. The Morgan fingerprint density at radius 2 is 1.70 bits per heavy atom. The maximum Gasteiger partial charge on any atom is 0.236 e. The molecule has 0 radical (unpaired) electrons. The van der Waals surface area contributed by atoms with Crippen LogP contribution in [-0.2, 0) is 9.59 Å². The van der Waals surface area contributed by atoms with Gasteiger partial charge < -0.3 is 5.32 Å². The topological polar surface area (TPSA) is 49.4 Å². The van der Waals surface area contributed by atoms with Gasteiger partial charge in [0, 0.05) is 18.5 Å². The zero-order chi connectivity index (χ0) is 14.2. The first kappa shape index (κ1) is 14.1. The van der Waals surface area contributed by atoms with Gasteiger partial charge in [-0.25, -0.2) is 0 Å². The molecule has 112 valence electrons. The summed E-state index contributed by atoms with van der Waals surface area (Å²) in [7, 11) is 1.99. The number of nitrogens with one attached hydrogen (secondary N) is 1. The van der Waals surface area contributed by atoms with Crippen LogP contribution in [0.5, 0.6) is 0 Å². The van der Waals surface area contributed by atoms with Gasteiger partial charge in [-0.15, -0.1) is 0 Å². The minimum absolute atomic E-state index is 0.102. The highest BCUT2D eigenvalue weighted by Gasteiger charge is 2.53. The number of imide groups is 1. The fourth-order valence-corrected chi connectivity index (χ4v) is 4.43. The second kappa shape index (κ2) is 5.47. The van der Waals surface area contributed by atoms with Gasteiger partial charge in [-0.1, -0.05) is 19.3 Å². The lowest BCUT2D eigenvalue weighted by Crippen LogP contribution is -2.46.